The summed E-state index contributed by atoms with van der Waals surface area (Å²) in [6, 6.07) is 11.8. The topological polar surface area (TPSA) is 72.2 Å². The predicted octanol–water partition coefficient (Wildman–Crippen LogP) is 5.13. The summed E-state index contributed by atoms with van der Waals surface area (Å²) in [5.74, 6) is -0.595. The predicted molar refractivity (Wildman–Crippen MR) is 108 cm³/mol. The Morgan fingerprint density at radius 3 is 2.33 bits per heavy atom. The summed E-state index contributed by atoms with van der Waals surface area (Å²) in [4.78, 5) is 12.6. The number of hydrogen-bond donors (Lipinski definition) is 1. The minimum Gasteiger partial charge on any atom is -0.321 e. The number of carbonyl (C=O) groups is 1. The Balaban J connectivity index is 1.62. The monoisotopic (exact) mass is 475 g/mol. The highest BCUT2D eigenvalue weighted by molar-refractivity contribution is 9.10. The average Bonchev–Trinajstić information content (AvgIpc) is 3.13. The molecule has 0 bridgehead atoms. The number of benzene rings is 2. The zero-order valence-electron chi connectivity index (χ0n) is 15.4. The van der Waals surface area contributed by atoms with Gasteiger partial charge in [0.05, 0.1) is 17.5 Å². The van der Waals surface area contributed by atoms with Crippen LogP contribution in [0.3, 0.4) is 0 Å². The number of halogens is 4. The molecule has 0 radical (unpaired) electrons. The molecule has 2 aromatic heterocycles. The minimum atomic E-state index is -4.44. The molecule has 0 saturated carbocycles. The number of nitrogens with zero attached hydrogens (tertiary/aromatic N) is 4. The number of nitrogens with one attached hydrogen (secondary N) is 1. The van der Waals surface area contributed by atoms with Crippen LogP contribution in [0.1, 0.15) is 21.7 Å². The number of hydrogen-bond acceptors (Lipinski definition) is 4. The number of aromatic nitrogens is 4. The molecule has 2 heterocycles. The smallest absolute Gasteiger partial charge is 0.321 e. The molecule has 6 nitrogen and oxygen atoms in total. The maximum Gasteiger partial charge on any atom is 0.416 e. The average molecular weight is 476 g/mol. The fourth-order valence-electron chi connectivity index (χ4n) is 2.93. The van der Waals surface area contributed by atoms with Gasteiger partial charge in [-0.25, -0.2) is 4.52 Å². The van der Waals surface area contributed by atoms with Crippen molar-refractivity contribution in [3.63, 3.8) is 0 Å². The number of fused-ring (bicyclic) bond motifs is 1. The lowest BCUT2D eigenvalue weighted by Gasteiger charge is -2.10. The van der Waals surface area contributed by atoms with Crippen LogP contribution in [0, 0.1) is 6.92 Å². The highest BCUT2D eigenvalue weighted by Crippen LogP contribution is 2.30. The summed E-state index contributed by atoms with van der Waals surface area (Å²) in [5.41, 5.74) is 2.03. The third-order valence-corrected chi connectivity index (χ3v) is 5.02. The van der Waals surface area contributed by atoms with Crippen molar-refractivity contribution in [3.8, 4) is 11.1 Å². The van der Waals surface area contributed by atoms with Crippen LogP contribution in [0.25, 0.3) is 16.8 Å². The number of carbonyl (C=O) groups excluding carboxylic acids is 1. The normalized spacial score (nSPS) is 11.6. The zero-order valence-corrected chi connectivity index (χ0v) is 17.0. The van der Waals surface area contributed by atoms with Gasteiger partial charge in [0.25, 0.3) is 5.91 Å². The Kier molecular flexibility index (Phi) is 5.02. The van der Waals surface area contributed by atoms with Gasteiger partial charge >= 0.3 is 6.18 Å². The molecule has 1 N–H and O–H groups in total. The van der Waals surface area contributed by atoms with E-state index in [-0.39, 0.29) is 11.4 Å². The Hall–Kier alpha value is -3.27. The van der Waals surface area contributed by atoms with Crippen LogP contribution >= 0.6 is 15.9 Å². The van der Waals surface area contributed by atoms with Crippen LogP contribution in [0.15, 0.2) is 59.2 Å². The molecule has 0 spiro atoms. The van der Waals surface area contributed by atoms with Gasteiger partial charge in [-0.05, 0) is 48.9 Å². The van der Waals surface area contributed by atoms with Gasteiger partial charge in [-0.3, -0.25) is 4.79 Å². The highest BCUT2D eigenvalue weighted by Gasteiger charge is 2.30. The van der Waals surface area contributed by atoms with Gasteiger partial charge < -0.3 is 5.32 Å². The first-order valence-electron chi connectivity index (χ1n) is 8.69. The van der Waals surface area contributed by atoms with E-state index in [1.54, 1.807) is 13.1 Å². The molecule has 4 rings (SSSR count). The van der Waals surface area contributed by atoms with E-state index < -0.39 is 17.6 Å². The van der Waals surface area contributed by atoms with E-state index in [1.807, 2.05) is 24.3 Å². The molecular formula is C20H13BrF3N5O. The maximum absolute atomic E-state index is 12.7. The van der Waals surface area contributed by atoms with E-state index in [4.69, 9.17) is 0 Å². The summed E-state index contributed by atoms with van der Waals surface area (Å²) in [6.07, 6.45) is -2.81. The summed E-state index contributed by atoms with van der Waals surface area (Å²) in [6.45, 7) is 1.67. The van der Waals surface area contributed by atoms with Gasteiger partial charge in [0.1, 0.15) is 0 Å². The number of alkyl halides is 3. The number of amides is 1. The second-order valence-electron chi connectivity index (χ2n) is 6.46. The first kappa shape index (κ1) is 20.0. The highest BCUT2D eigenvalue weighted by atomic mass is 79.9. The quantitative estimate of drug-likeness (QED) is 0.445. The van der Waals surface area contributed by atoms with Crippen LogP contribution in [-0.2, 0) is 6.18 Å². The molecule has 1 amide bonds. The lowest BCUT2D eigenvalue weighted by molar-refractivity contribution is -0.137. The minimum absolute atomic E-state index is 0.0212. The van der Waals surface area contributed by atoms with Crippen molar-refractivity contribution >= 4 is 33.2 Å². The lowest BCUT2D eigenvalue weighted by Crippen LogP contribution is -2.18. The van der Waals surface area contributed by atoms with Gasteiger partial charge in [-0.1, -0.05) is 28.1 Å². The third-order valence-electron chi connectivity index (χ3n) is 4.49. The molecule has 0 atom stereocenters. The first-order chi connectivity index (χ1) is 14.2. The van der Waals surface area contributed by atoms with E-state index in [2.05, 4.69) is 36.5 Å². The molecule has 30 heavy (non-hydrogen) atoms. The number of aryl methyl sites for hydroxylation is 1. The van der Waals surface area contributed by atoms with E-state index in [1.165, 1.54) is 16.6 Å². The van der Waals surface area contributed by atoms with E-state index >= 15 is 0 Å². The van der Waals surface area contributed by atoms with Gasteiger partial charge in [0.2, 0.25) is 0 Å². The van der Waals surface area contributed by atoms with Gasteiger partial charge in [0.15, 0.2) is 11.3 Å². The number of rotatable bonds is 3. The summed E-state index contributed by atoms with van der Waals surface area (Å²) >= 11 is 3.39. The Morgan fingerprint density at radius 2 is 1.70 bits per heavy atom. The molecule has 0 fully saturated rings. The lowest BCUT2D eigenvalue weighted by atomic mass is 10.1. The van der Waals surface area contributed by atoms with Gasteiger partial charge in [0, 0.05) is 15.7 Å². The van der Waals surface area contributed by atoms with Crippen molar-refractivity contribution in [1.82, 2.24) is 19.8 Å². The van der Waals surface area contributed by atoms with Crippen molar-refractivity contribution in [1.29, 1.82) is 0 Å². The standard InChI is InChI=1S/C20H13BrF3N5O/c1-11-17(19(30)26-15-8-4-13(5-9-15)20(22,23)24)27-28-18-16(10-25-29(11)18)12-2-6-14(21)7-3-12/h2-10H,1H3,(H,26,30). The van der Waals surface area contributed by atoms with Crippen molar-refractivity contribution in [2.75, 3.05) is 5.32 Å². The van der Waals surface area contributed by atoms with Crippen molar-refractivity contribution in [2.24, 2.45) is 0 Å². The summed E-state index contributed by atoms with van der Waals surface area (Å²) in [7, 11) is 0. The Bertz CT molecular complexity index is 1230. The van der Waals surface area contributed by atoms with E-state index in [0.29, 0.717) is 11.3 Å². The molecule has 0 aliphatic heterocycles. The number of anilines is 1. The van der Waals surface area contributed by atoms with Crippen molar-refractivity contribution in [3.05, 3.63) is 76.2 Å². The van der Waals surface area contributed by atoms with Crippen molar-refractivity contribution < 1.29 is 18.0 Å². The Morgan fingerprint density at radius 1 is 1.03 bits per heavy atom. The first-order valence-corrected chi connectivity index (χ1v) is 9.49. The van der Waals surface area contributed by atoms with Gasteiger partial charge in [-0.15, -0.1) is 10.2 Å². The molecule has 0 saturated heterocycles. The maximum atomic E-state index is 12.7. The fourth-order valence-corrected chi connectivity index (χ4v) is 3.19. The summed E-state index contributed by atoms with van der Waals surface area (Å²) < 4.78 is 40.5. The second kappa shape index (κ2) is 7.52. The zero-order chi connectivity index (χ0) is 21.5. The molecular weight excluding hydrogens is 463 g/mol. The molecule has 0 unspecified atom stereocenters. The summed E-state index contributed by atoms with van der Waals surface area (Å²) in [5, 5.41) is 15.0. The molecule has 2 aromatic carbocycles. The van der Waals surface area contributed by atoms with Crippen LogP contribution in [0.4, 0.5) is 18.9 Å². The van der Waals surface area contributed by atoms with E-state index in [0.717, 1.165) is 27.7 Å². The molecule has 0 aliphatic carbocycles. The van der Waals surface area contributed by atoms with Gasteiger partial charge in [-0.2, -0.15) is 18.3 Å². The van der Waals surface area contributed by atoms with E-state index in [9.17, 15) is 18.0 Å². The van der Waals surface area contributed by atoms with Crippen LogP contribution in [0.5, 0.6) is 0 Å². The SMILES string of the molecule is Cc1c(C(=O)Nc2ccc(C(F)(F)F)cc2)nnc2c(-c3ccc(Br)cc3)cnn12. The van der Waals surface area contributed by atoms with Crippen molar-refractivity contribution in [2.45, 2.75) is 13.1 Å². The molecule has 152 valence electrons. The molecule has 0 aliphatic rings. The van der Waals surface area contributed by atoms with Crippen LogP contribution < -0.4 is 5.32 Å². The largest absolute Gasteiger partial charge is 0.416 e. The Labute approximate surface area is 176 Å². The molecule has 4 aromatic rings. The van der Waals surface area contributed by atoms with Crippen LogP contribution in [-0.4, -0.2) is 25.7 Å². The second-order valence-corrected chi connectivity index (χ2v) is 7.38. The van der Waals surface area contributed by atoms with Crippen LogP contribution in [0.2, 0.25) is 0 Å². The third kappa shape index (κ3) is 3.78. The molecule has 10 heteroatoms. The fraction of sp³-hybridized carbons (Fsp3) is 0.100.